The van der Waals surface area contributed by atoms with Crippen molar-refractivity contribution in [3.63, 3.8) is 0 Å². The average Bonchev–Trinajstić information content (AvgIpc) is 2.77. The van der Waals surface area contributed by atoms with E-state index < -0.39 is 11.4 Å². The predicted molar refractivity (Wildman–Crippen MR) is 131 cm³/mol. The van der Waals surface area contributed by atoms with Crippen LogP contribution < -0.4 is 21.6 Å². The fourth-order valence-corrected chi connectivity index (χ4v) is 4.02. The lowest BCUT2D eigenvalue weighted by Gasteiger charge is -2.32. The maximum Gasteiger partial charge on any atom is 0.414 e. The van der Waals surface area contributed by atoms with Crippen LogP contribution in [0.3, 0.4) is 0 Å². The molecule has 0 atom stereocenters. The SMILES string of the molecule is CC(C)N1C(=O)OCc2cc(Nc3nc(=O)n(C(C)C)c(=O)n3Cc3ccc(Cl)cc3)ccc21. The molecule has 1 aliphatic rings. The minimum Gasteiger partial charge on any atom is -0.444 e. The Bertz CT molecular complexity index is 1340. The molecule has 0 fully saturated rings. The number of aromatic nitrogens is 3. The van der Waals surface area contributed by atoms with Crippen molar-refractivity contribution in [1.29, 1.82) is 0 Å². The minimum absolute atomic E-state index is 0.0693. The normalized spacial score (nSPS) is 13.3. The van der Waals surface area contributed by atoms with Crippen LogP contribution in [0.2, 0.25) is 5.02 Å². The summed E-state index contributed by atoms with van der Waals surface area (Å²) in [5, 5.41) is 3.70. The second kappa shape index (κ2) is 9.34. The highest BCUT2D eigenvalue weighted by atomic mass is 35.5. The van der Waals surface area contributed by atoms with Crippen LogP contribution in [0.15, 0.2) is 52.1 Å². The van der Waals surface area contributed by atoms with E-state index in [4.69, 9.17) is 16.3 Å². The number of cyclic esters (lactones) is 1. The molecule has 3 aromatic rings. The molecule has 2 heterocycles. The highest BCUT2D eigenvalue weighted by molar-refractivity contribution is 6.30. The standard InChI is InChI=1S/C24H26ClN5O4/c1-14(2)29-20-10-9-19(11-17(20)13-34-24(29)33)26-21-27-22(31)30(15(3)4)23(32)28(21)12-16-5-7-18(25)8-6-16/h5-11,14-15H,12-13H2,1-4H3,(H,26,27,31). The number of carbonyl (C=O) groups is 1. The van der Waals surface area contributed by atoms with Crippen LogP contribution in [0.4, 0.5) is 22.1 Å². The second-order valence-corrected chi connectivity index (χ2v) is 9.10. The third kappa shape index (κ3) is 4.56. The van der Waals surface area contributed by atoms with Crippen molar-refractivity contribution in [3.05, 3.63) is 79.6 Å². The molecule has 0 bridgehead atoms. The van der Waals surface area contributed by atoms with E-state index in [0.717, 1.165) is 21.4 Å². The maximum absolute atomic E-state index is 13.3. The molecule has 0 radical (unpaired) electrons. The summed E-state index contributed by atoms with van der Waals surface area (Å²) in [5.74, 6) is 0.121. The van der Waals surface area contributed by atoms with E-state index in [2.05, 4.69) is 10.3 Å². The maximum atomic E-state index is 13.3. The van der Waals surface area contributed by atoms with Gasteiger partial charge in [0.05, 0.1) is 12.2 Å². The van der Waals surface area contributed by atoms with Crippen molar-refractivity contribution >= 4 is 35.0 Å². The smallest absolute Gasteiger partial charge is 0.414 e. The molecular weight excluding hydrogens is 458 g/mol. The lowest BCUT2D eigenvalue weighted by Crippen LogP contribution is -2.43. The van der Waals surface area contributed by atoms with E-state index >= 15 is 0 Å². The Labute approximate surface area is 201 Å². The summed E-state index contributed by atoms with van der Waals surface area (Å²) in [6.45, 7) is 7.66. The number of ether oxygens (including phenoxy) is 1. The number of benzene rings is 2. The molecule has 0 saturated heterocycles. The molecule has 34 heavy (non-hydrogen) atoms. The third-order valence-electron chi connectivity index (χ3n) is 5.53. The Morgan fingerprint density at radius 3 is 2.38 bits per heavy atom. The zero-order valence-electron chi connectivity index (χ0n) is 19.4. The average molecular weight is 484 g/mol. The molecule has 1 amide bonds. The number of fused-ring (bicyclic) bond motifs is 1. The number of carbonyl (C=O) groups excluding carboxylic acids is 1. The number of hydrogen-bond acceptors (Lipinski definition) is 6. The van der Waals surface area contributed by atoms with Gasteiger partial charge in [-0.25, -0.2) is 19.0 Å². The van der Waals surface area contributed by atoms with E-state index in [0.29, 0.717) is 10.7 Å². The van der Waals surface area contributed by atoms with Crippen molar-refractivity contribution in [2.75, 3.05) is 10.2 Å². The number of nitrogens with zero attached hydrogens (tertiary/aromatic N) is 4. The van der Waals surface area contributed by atoms with Gasteiger partial charge in [-0.05, 0) is 63.6 Å². The number of halogens is 1. The number of amides is 1. The Morgan fingerprint density at radius 1 is 1.03 bits per heavy atom. The Hall–Kier alpha value is -3.59. The van der Waals surface area contributed by atoms with Crippen LogP contribution in [0, 0.1) is 0 Å². The summed E-state index contributed by atoms with van der Waals surface area (Å²) < 4.78 is 7.84. The molecule has 1 aromatic heterocycles. The predicted octanol–water partition coefficient (Wildman–Crippen LogP) is 4.30. The van der Waals surface area contributed by atoms with Gasteiger partial charge in [0, 0.05) is 28.4 Å². The van der Waals surface area contributed by atoms with Gasteiger partial charge in [-0.3, -0.25) is 9.47 Å². The molecule has 2 aromatic carbocycles. The summed E-state index contributed by atoms with van der Waals surface area (Å²) in [4.78, 5) is 43.8. The van der Waals surface area contributed by atoms with Gasteiger partial charge in [-0.2, -0.15) is 4.98 Å². The van der Waals surface area contributed by atoms with Gasteiger partial charge in [0.1, 0.15) is 6.61 Å². The molecule has 10 heteroatoms. The molecule has 4 rings (SSSR count). The number of nitrogens with one attached hydrogen (secondary N) is 1. The first-order valence-electron chi connectivity index (χ1n) is 11.0. The largest absolute Gasteiger partial charge is 0.444 e. The minimum atomic E-state index is -0.632. The van der Waals surface area contributed by atoms with Gasteiger partial charge in [-0.15, -0.1) is 0 Å². The topological polar surface area (TPSA) is 98.5 Å². The van der Waals surface area contributed by atoms with Gasteiger partial charge in [0.2, 0.25) is 5.95 Å². The van der Waals surface area contributed by atoms with E-state index in [1.807, 2.05) is 38.1 Å². The zero-order chi connectivity index (χ0) is 24.6. The molecule has 1 N–H and O–H groups in total. The fraction of sp³-hybridized carbons (Fsp3) is 0.333. The van der Waals surface area contributed by atoms with E-state index in [1.54, 1.807) is 36.9 Å². The monoisotopic (exact) mass is 483 g/mol. The lowest BCUT2D eigenvalue weighted by molar-refractivity contribution is 0.140. The fourth-order valence-electron chi connectivity index (χ4n) is 3.90. The van der Waals surface area contributed by atoms with Gasteiger partial charge in [0.15, 0.2) is 0 Å². The third-order valence-corrected chi connectivity index (χ3v) is 5.78. The summed E-state index contributed by atoms with van der Waals surface area (Å²) in [6.07, 6.45) is -0.390. The first kappa shape index (κ1) is 23.6. The van der Waals surface area contributed by atoms with Crippen LogP contribution in [0.5, 0.6) is 0 Å². The highest BCUT2D eigenvalue weighted by Crippen LogP contribution is 2.31. The van der Waals surface area contributed by atoms with Crippen molar-refractivity contribution in [1.82, 2.24) is 14.1 Å². The van der Waals surface area contributed by atoms with E-state index in [1.165, 1.54) is 4.57 Å². The molecule has 0 spiro atoms. The first-order chi connectivity index (χ1) is 16.2. The van der Waals surface area contributed by atoms with Gasteiger partial charge < -0.3 is 10.1 Å². The van der Waals surface area contributed by atoms with Crippen LogP contribution in [-0.2, 0) is 17.9 Å². The van der Waals surface area contributed by atoms with Gasteiger partial charge in [0.25, 0.3) is 0 Å². The number of rotatable bonds is 6. The molecular formula is C24H26ClN5O4. The number of anilines is 3. The van der Waals surface area contributed by atoms with E-state index in [9.17, 15) is 14.4 Å². The van der Waals surface area contributed by atoms with Crippen molar-refractivity contribution < 1.29 is 9.53 Å². The Balaban J connectivity index is 1.76. The highest BCUT2D eigenvalue weighted by Gasteiger charge is 2.28. The van der Waals surface area contributed by atoms with Crippen LogP contribution in [0.25, 0.3) is 0 Å². The van der Waals surface area contributed by atoms with Crippen molar-refractivity contribution in [3.8, 4) is 0 Å². The molecule has 178 valence electrons. The molecule has 0 saturated carbocycles. The van der Waals surface area contributed by atoms with Crippen molar-refractivity contribution in [2.24, 2.45) is 0 Å². The summed E-state index contributed by atoms with van der Waals surface area (Å²) in [7, 11) is 0. The van der Waals surface area contributed by atoms with E-state index in [-0.39, 0.29) is 37.3 Å². The molecule has 0 unspecified atom stereocenters. The Morgan fingerprint density at radius 2 is 1.74 bits per heavy atom. The first-order valence-corrected chi connectivity index (χ1v) is 11.4. The summed E-state index contributed by atoms with van der Waals surface area (Å²) >= 11 is 6.00. The quantitative estimate of drug-likeness (QED) is 0.561. The van der Waals surface area contributed by atoms with Crippen LogP contribution >= 0.6 is 11.6 Å². The molecule has 1 aliphatic heterocycles. The van der Waals surface area contributed by atoms with Crippen LogP contribution in [0.1, 0.15) is 44.9 Å². The van der Waals surface area contributed by atoms with Gasteiger partial charge in [-0.1, -0.05) is 23.7 Å². The number of hydrogen-bond donors (Lipinski definition) is 1. The second-order valence-electron chi connectivity index (χ2n) is 8.66. The zero-order valence-corrected chi connectivity index (χ0v) is 20.2. The molecule has 9 nitrogen and oxygen atoms in total. The van der Waals surface area contributed by atoms with Crippen molar-refractivity contribution in [2.45, 2.75) is 52.9 Å². The van der Waals surface area contributed by atoms with Gasteiger partial charge >= 0.3 is 17.5 Å². The molecule has 0 aliphatic carbocycles. The van der Waals surface area contributed by atoms with Crippen LogP contribution in [-0.4, -0.2) is 26.3 Å². The summed E-state index contributed by atoms with van der Waals surface area (Å²) in [5.41, 5.74) is 1.91. The Kier molecular flexibility index (Phi) is 6.47. The summed E-state index contributed by atoms with van der Waals surface area (Å²) in [6, 6.07) is 12.1. The lowest BCUT2D eigenvalue weighted by atomic mass is 10.1.